The fourth-order valence-corrected chi connectivity index (χ4v) is 5.00. The number of sulfonamides is 1. The minimum atomic E-state index is -3.30. The van der Waals surface area contributed by atoms with E-state index in [1.807, 2.05) is 6.92 Å². The Bertz CT molecular complexity index is 781. The lowest BCUT2D eigenvalue weighted by molar-refractivity contribution is -0.110. The molecule has 0 saturated carbocycles. The standard InChI is InChI=1S/C17H24N4O4S/c1-2-3-10-26(23,24)21-9-5-7-17(13-21)11-15(20-25-17)16(22)19-14-6-4-8-18-12-14/h4,6,8,12H,2-3,5,7,9-11,13H2,1H3,(H,19,22)/t17-/m0/s1. The summed E-state index contributed by atoms with van der Waals surface area (Å²) in [5, 5.41) is 6.68. The fraction of sp³-hybridized carbons (Fsp3) is 0.588. The topological polar surface area (TPSA) is 101 Å². The second-order valence-electron chi connectivity index (χ2n) is 6.79. The van der Waals surface area contributed by atoms with Crippen LogP contribution in [0.15, 0.2) is 29.7 Å². The Morgan fingerprint density at radius 3 is 3.04 bits per heavy atom. The highest BCUT2D eigenvalue weighted by Gasteiger charge is 2.46. The average Bonchev–Trinajstić information content (AvgIpc) is 3.04. The molecule has 0 aromatic carbocycles. The molecule has 0 radical (unpaired) electrons. The number of amides is 1. The molecular weight excluding hydrogens is 356 g/mol. The molecule has 2 aliphatic rings. The van der Waals surface area contributed by atoms with Crippen molar-refractivity contribution >= 4 is 27.3 Å². The van der Waals surface area contributed by atoms with Crippen LogP contribution in [-0.4, -0.2) is 53.8 Å². The van der Waals surface area contributed by atoms with E-state index in [4.69, 9.17) is 4.84 Å². The van der Waals surface area contributed by atoms with Gasteiger partial charge in [-0.15, -0.1) is 0 Å². The van der Waals surface area contributed by atoms with Crippen molar-refractivity contribution in [2.24, 2.45) is 5.16 Å². The van der Waals surface area contributed by atoms with Crippen LogP contribution in [0.2, 0.25) is 0 Å². The lowest BCUT2D eigenvalue weighted by atomic mass is 9.89. The number of piperidine rings is 1. The van der Waals surface area contributed by atoms with Gasteiger partial charge < -0.3 is 10.2 Å². The van der Waals surface area contributed by atoms with Gasteiger partial charge in [0.25, 0.3) is 5.91 Å². The van der Waals surface area contributed by atoms with E-state index in [9.17, 15) is 13.2 Å². The zero-order valence-electron chi connectivity index (χ0n) is 14.8. The van der Waals surface area contributed by atoms with E-state index in [2.05, 4.69) is 15.5 Å². The van der Waals surface area contributed by atoms with Gasteiger partial charge >= 0.3 is 0 Å². The highest BCUT2D eigenvalue weighted by molar-refractivity contribution is 7.89. The summed E-state index contributed by atoms with van der Waals surface area (Å²) in [4.78, 5) is 21.9. The Morgan fingerprint density at radius 2 is 2.31 bits per heavy atom. The summed E-state index contributed by atoms with van der Waals surface area (Å²) in [6.45, 7) is 2.70. The number of aromatic nitrogens is 1. The van der Waals surface area contributed by atoms with Crippen LogP contribution in [-0.2, 0) is 19.7 Å². The van der Waals surface area contributed by atoms with Crippen LogP contribution in [0, 0.1) is 0 Å². The number of rotatable bonds is 6. The van der Waals surface area contributed by atoms with Crippen molar-refractivity contribution in [2.75, 3.05) is 24.2 Å². The third-order valence-corrected chi connectivity index (χ3v) is 6.58. The molecule has 3 heterocycles. The van der Waals surface area contributed by atoms with Gasteiger partial charge in [-0.05, 0) is 31.4 Å². The van der Waals surface area contributed by atoms with E-state index in [0.29, 0.717) is 37.9 Å². The Labute approximate surface area is 153 Å². The van der Waals surface area contributed by atoms with Crippen LogP contribution in [0.4, 0.5) is 5.69 Å². The summed E-state index contributed by atoms with van der Waals surface area (Å²) in [5.41, 5.74) is 0.120. The van der Waals surface area contributed by atoms with Gasteiger partial charge in [0.05, 0.1) is 24.2 Å². The molecule has 1 fully saturated rings. The molecule has 1 spiro atoms. The first-order valence-corrected chi connectivity index (χ1v) is 10.5. The van der Waals surface area contributed by atoms with Gasteiger partial charge in [0.15, 0.2) is 5.60 Å². The highest BCUT2D eigenvalue weighted by Crippen LogP contribution is 2.34. The summed E-state index contributed by atoms with van der Waals surface area (Å²) in [6, 6.07) is 3.46. The molecule has 142 valence electrons. The Morgan fingerprint density at radius 1 is 1.46 bits per heavy atom. The zero-order valence-corrected chi connectivity index (χ0v) is 15.7. The number of carbonyl (C=O) groups is 1. The van der Waals surface area contributed by atoms with Gasteiger partial charge in [0.1, 0.15) is 5.71 Å². The summed E-state index contributed by atoms with van der Waals surface area (Å²) in [6.07, 6.45) is 6.32. The van der Waals surface area contributed by atoms with Crippen molar-refractivity contribution in [2.45, 2.75) is 44.6 Å². The summed E-state index contributed by atoms with van der Waals surface area (Å²) < 4.78 is 26.5. The van der Waals surface area contributed by atoms with E-state index >= 15 is 0 Å². The molecule has 26 heavy (non-hydrogen) atoms. The van der Waals surface area contributed by atoms with E-state index in [0.717, 1.165) is 6.42 Å². The van der Waals surface area contributed by atoms with E-state index in [-0.39, 0.29) is 23.9 Å². The summed E-state index contributed by atoms with van der Waals surface area (Å²) >= 11 is 0. The van der Waals surface area contributed by atoms with Gasteiger partial charge in [-0.3, -0.25) is 9.78 Å². The monoisotopic (exact) mass is 380 g/mol. The SMILES string of the molecule is CCCCS(=O)(=O)N1CCC[C@]2(CC(C(=O)Nc3cccnc3)=NO2)C1. The van der Waals surface area contributed by atoms with Crippen molar-refractivity contribution in [3.63, 3.8) is 0 Å². The van der Waals surface area contributed by atoms with Gasteiger partial charge in [-0.2, -0.15) is 4.31 Å². The molecule has 0 bridgehead atoms. The van der Waals surface area contributed by atoms with Crippen LogP contribution >= 0.6 is 0 Å². The minimum absolute atomic E-state index is 0.148. The molecule has 1 aromatic rings. The predicted molar refractivity (Wildman–Crippen MR) is 98.2 cm³/mol. The molecule has 1 amide bonds. The molecule has 1 atom stereocenters. The maximum atomic E-state index is 12.5. The number of anilines is 1. The number of pyridine rings is 1. The number of hydrogen-bond acceptors (Lipinski definition) is 6. The second kappa shape index (κ2) is 7.71. The number of oxime groups is 1. The van der Waals surface area contributed by atoms with Crippen molar-refractivity contribution in [3.8, 4) is 0 Å². The van der Waals surface area contributed by atoms with Crippen LogP contribution in [0.1, 0.15) is 39.0 Å². The van der Waals surface area contributed by atoms with Gasteiger partial charge in [-0.1, -0.05) is 18.5 Å². The molecular formula is C17H24N4O4S. The number of carbonyl (C=O) groups excluding carboxylic acids is 1. The largest absolute Gasteiger partial charge is 0.387 e. The lowest BCUT2D eigenvalue weighted by Gasteiger charge is -2.37. The summed E-state index contributed by atoms with van der Waals surface area (Å²) in [5.74, 6) is -0.199. The van der Waals surface area contributed by atoms with Crippen LogP contribution < -0.4 is 5.32 Å². The fourth-order valence-electron chi connectivity index (χ4n) is 3.25. The number of hydrogen-bond donors (Lipinski definition) is 1. The quantitative estimate of drug-likeness (QED) is 0.810. The molecule has 1 aromatic heterocycles. The first-order chi connectivity index (χ1) is 12.4. The van der Waals surface area contributed by atoms with E-state index < -0.39 is 15.6 Å². The van der Waals surface area contributed by atoms with E-state index in [1.54, 1.807) is 24.5 Å². The maximum absolute atomic E-state index is 12.5. The summed E-state index contributed by atoms with van der Waals surface area (Å²) in [7, 11) is -3.30. The van der Waals surface area contributed by atoms with Crippen molar-refractivity contribution in [3.05, 3.63) is 24.5 Å². The minimum Gasteiger partial charge on any atom is -0.387 e. The first-order valence-electron chi connectivity index (χ1n) is 8.88. The molecule has 8 nitrogen and oxygen atoms in total. The van der Waals surface area contributed by atoms with Crippen molar-refractivity contribution in [1.29, 1.82) is 0 Å². The lowest BCUT2D eigenvalue weighted by Crippen LogP contribution is -2.51. The third kappa shape index (κ3) is 4.21. The van der Waals surface area contributed by atoms with Crippen LogP contribution in [0.5, 0.6) is 0 Å². The maximum Gasteiger partial charge on any atom is 0.273 e. The molecule has 1 saturated heterocycles. The molecule has 0 unspecified atom stereocenters. The number of unbranched alkanes of at least 4 members (excludes halogenated alkanes) is 1. The van der Waals surface area contributed by atoms with Crippen LogP contribution in [0.3, 0.4) is 0 Å². The van der Waals surface area contributed by atoms with Crippen molar-refractivity contribution in [1.82, 2.24) is 9.29 Å². The average molecular weight is 380 g/mol. The number of nitrogens with zero attached hydrogens (tertiary/aromatic N) is 3. The molecule has 2 aliphatic heterocycles. The van der Waals surface area contributed by atoms with Gasteiger partial charge in [0, 0.05) is 19.2 Å². The predicted octanol–water partition coefficient (Wildman–Crippen LogP) is 1.76. The Hall–Kier alpha value is -2.00. The van der Waals surface area contributed by atoms with Crippen LogP contribution in [0.25, 0.3) is 0 Å². The second-order valence-corrected chi connectivity index (χ2v) is 8.88. The smallest absolute Gasteiger partial charge is 0.273 e. The van der Waals surface area contributed by atoms with Gasteiger partial charge in [-0.25, -0.2) is 8.42 Å². The normalized spacial score (nSPS) is 23.5. The van der Waals surface area contributed by atoms with Gasteiger partial charge in [0.2, 0.25) is 10.0 Å². The van der Waals surface area contributed by atoms with E-state index in [1.165, 1.54) is 4.31 Å². The molecule has 1 N–H and O–H groups in total. The zero-order chi connectivity index (χ0) is 18.6. The third-order valence-electron chi connectivity index (χ3n) is 4.67. The van der Waals surface area contributed by atoms with Crippen molar-refractivity contribution < 1.29 is 18.0 Å². The first kappa shape index (κ1) is 18.8. The number of nitrogens with one attached hydrogen (secondary N) is 1. The molecule has 9 heteroatoms. The highest BCUT2D eigenvalue weighted by atomic mass is 32.2. The molecule has 3 rings (SSSR count). The molecule has 0 aliphatic carbocycles. The Kier molecular flexibility index (Phi) is 5.57. The Balaban J connectivity index is 1.63.